The summed E-state index contributed by atoms with van der Waals surface area (Å²) in [6.45, 7) is 3.66. The highest BCUT2D eigenvalue weighted by atomic mass is 35.5. The van der Waals surface area contributed by atoms with Crippen LogP contribution in [0.15, 0.2) is 72.8 Å². The molecule has 0 bridgehead atoms. The number of amides is 3. The summed E-state index contributed by atoms with van der Waals surface area (Å²) in [6, 6.07) is 20.8. The fourth-order valence-electron chi connectivity index (χ4n) is 2.79. The molecule has 0 aliphatic rings. The molecule has 0 aromatic heterocycles. The number of nitrogens with one attached hydrogen (secondary N) is 4. The lowest BCUT2D eigenvalue weighted by atomic mass is 10.2. The van der Waals surface area contributed by atoms with Gasteiger partial charge in [0.1, 0.15) is 6.04 Å². The first-order chi connectivity index (χ1) is 14.4. The van der Waals surface area contributed by atoms with Crippen molar-refractivity contribution in [1.29, 1.82) is 0 Å². The van der Waals surface area contributed by atoms with Crippen LogP contribution in [0.1, 0.15) is 12.5 Å². The molecule has 0 saturated carbocycles. The number of halogens is 1. The molecule has 30 heavy (non-hydrogen) atoms. The Labute approximate surface area is 180 Å². The maximum Gasteiger partial charge on any atom is 0.323 e. The van der Waals surface area contributed by atoms with Gasteiger partial charge in [0.2, 0.25) is 5.91 Å². The quantitative estimate of drug-likeness (QED) is 0.409. The molecule has 0 aliphatic heterocycles. The first-order valence-corrected chi connectivity index (χ1v) is 9.85. The lowest BCUT2D eigenvalue weighted by Crippen LogP contribution is -2.32. The molecule has 0 spiro atoms. The van der Waals surface area contributed by atoms with Crippen molar-refractivity contribution < 1.29 is 9.59 Å². The number of anilines is 4. The zero-order chi connectivity index (χ0) is 21.5. The molecule has 3 aromatic rings. The van der Waals surface area contributed by atoms with E-state index < -0.39 is 6.04 Å². The number of hydrogen-bond acceptors (Lipinski definition) is 3. The van der Waals surface area contributed by atoms with Gasteiger partial charge >= 0.3 is 6.03 Å². The summed E-state index contributed by atoms with van der Waals surface area (Å²) in [5.41, 5.74) is 3.61. The van der Waals surface area contributed by atoms with E-state index in [1.54, 1.807) is 49.4 Å². The summed E-state index contributed by atoms with van der Waals surface area (Å²) in [6.07, 6.45) is 0. The number of carbonyl (C=O) groups is 2. The molecule has 0 heterocycles. The minimum Gasteiger partial charge on any atom is -0.374 e. The number of aryl methyl sites for hydroxylation is 1. The van der Waals surface area contributed by atoms with Gasteiger partial charge in [0.15, 0.2) is 0 Å². The van der Waals surface area contributed by atoms with E-state index in [4.69, 9.17) is 11.6 Å². The third-order valence-electron chi connectivity index (χ3n) is 4.39. The minimum atomic E-state index is -0.503. The molecule has 0 saturated heterocycles. The lowest BCUT2D eigenvalue weighted by molar-refractivity contribution is -0.116. The smallest absolute Gasteiger partial charge is 0.323 e. The normalized spacial score (nSPS) is 11.3. The number of hydrogen-bond donors (Lipinski definition) is 4. The van der Waals surface area contributed by atoms with Crippen molar-refractivity contribution in [3.63, 3.8) is 0 Å². The SMILES string of the molecule is Cc1ccc(Cl)cc1NC(=O)[C@@H](C)Nc1cccc(NC(=O)Nc2ccccc2)c1. The third-order valence-corrected chi connectivity index (χ3v) is 4.62. The molecule has 0 aliphatic carbocycles. The molecule has 3 amide bonds. The topological polar surface area (TPSA) is 82.3 Å². The summed E-state index contributed by atoms with van der Waals surface area (Å²) in [4.78, 5) is 24.7. The van der Waals surface area contributed by atoms with Crippen molar-refractivity contribution in [2.24, 2.45) is 0 Å². The van der Waals surface area contributed by atoms with Crippen LogP contribution in [0.2, 0.25) is 5.02 Å². The predicted molar refractivity (Wildman–Crippen MR) is 123 cm³/mol. The van der Waals surface area contributed by atoms with E-state index in [0.717, 1.165) is 5.56 Å². The Morgan fingerprint density at radius 2 is 1.47 bits per heavy atom. The van der Waals surface area contributed by atoms with Crippen LogP contribution in [0.3, 0.4) is 0 Å². The second-order valence-electron chi connectivity index (χ2n) is 6.84. The van der Waals surface area contributed by atoms with E-state index in [-0.39, 0.29) is 11.9 Å². The summed E-state index contributed by atoms with van der Waals surface area (Å²) in [5.74, 6) is -0.194. The van der Waals surface area contributed by atoms with Gasteiger partial charge in [-0.1, -0.05) is 41.9 Å². The maximum absolute atomic E-state index is 12.5. The number of carbonyl (C=O) groups excluding carboxylic acids is 2. The maximum atomic E-state index is 12.5. The van der Waals surface area contributed by atoms with Crippen molar-refractivity contribution >= 4 is 46.3 Å². The second kappa shape index (κ2) is 9.80. The zero-order valence-electron chi connectivity index (χ0n) is 16.7. The van der Waals surface area contributed by atoms with E-state index in [0.29, 0.717) is 27.8 Å². The van der Waals surface area contributed by atoms with E-state index in [2.05, 4.69) is 21.3 Å². The number of rotatable bonds is 6. The van der Waals surface area contributed by atoms with Crippen LogP contribution in [0.25, 0.3) is 0 Å². The third kappa shape index (κ3) is 5.99. The molecular weight excluding hydrogens is 400 g/mol. The van der Waals surface area contributed by atoms with Gasteiger partial charge in [-0.25, -0.2) is 4.79 Å². The largest absolute Gasteiger partial charge is 0.374 e. The van der Waals surface area contributed by atoms with E-state index in [1.165, 1.54) is 0 Å². The Bertz CT molecular complexity index is 1040. The van der Waals surface area contributed by atoms with Crippen molar-refractivity contribution in [2.45, 2.75) is 19.9 Å². The van der Waals surface area contributed by atoms with Crippen molar-refractivity contribution in [2.75, 3.05) is 21.3 Å². The molecule has 0 unspecified atom stereocenters. The van der Waals surface area contributed by atoms with Gasteiger partial charge in [-0.3, -0.25) is 4.79 Å². The van der Waals surface area contributed by atoms with Gasteiger partial charge in [-0.15, -0.1) is 0 Å². The molecule has 4 N–H and O–H groups in total. The lowest BCUT2D eigenvalue weighted by Gasteiger charge is -2.17. The average molecular weight is 423 g/mol. The van der Waals surface area contributed by atoms with E-state index in [1.807, 2.05) is 37.3 Å². The van der Waals surface area contributed by atoms with Gasteiger partial charge in [-0.2, -0.15) is 0 Å². The predicted octanol–water partition coefficient (Wildman–Crippen LogP) is 5.73. The average Bonchev–Trinajstić information content (AvgIpc) is 2.71. The molecule has 154 valence electrons. The Hall–Kier alpha value is -3.51. The van der Waals surface area contributed by atoms with Crippen LogP contribution in [-0.4, -0.2) is 18.0 Å². The van der Waals surface area contributed by atoms with Gasteiger partial charge in [0, 0.05) is 27.8 Å². The molecule has 7 heteroatoms. The molecule has 0 radical (unpaired) electrons. The van der Waals surface area contributed by atoms with Crippen LogP contribution in [0.4, 0.5) is 27.5 Å². The molecular formula is C23H23ClN4O2. The molecule has 1 atom stereocenters. The Balaban J connectivity index is 1.59. The van der Waals surface area contributed by atoms with Gasteiger partial charge in [0.05, 0.1) is 0 Å². The number of urea groups is 1. The standard InChI is InChI=1S/C23H23ClN4O2/c1-15-11-12-17(24)13-21(15)28-22(29)16(2)25-19-9-6-10-20(14-19)27-23(30)26-18-7-4-3-5-8-18/h3-14,16,25H,1-2H3,(H,28,29)(H2,26,27,30)/t16-/m1/s1. The van der Waals surface area contributed by atoms with Crippen LogP contribution >= 0.6 is 11.6 Å². The monoisotopic (exact) mass is 422 g/mol. The Morgan fingerprint density at radius 3 is 2.23 bits per heavy atom. The summed E-state index contributed by atoms with van der Waals surface area (Å²) >= 11 is 6.01. The molecule has 0 fully saturated rings. The molecule has 6 nitrogen and oxygen atoms in total. The number of benzene rings is 3. The highest BCUT2D eigenvalue weighted by Gasteiger charge is 2.14. The summed E-state index contributed by atoms with van der Waals surface area (Å²) in [5, 5.41) is 12.1. The van der Waals surface area contributed by atoms with Crippen molar-refractivity contribution in [1.82, 2.24) is 0 Å². The minimum absolute atomic E-state index is 0.194. The first kappa shape index (κ1) is 21.2. The van der Waals surface area contributed by atoms with Crippen molar-refractivity contribution in [3.05, 3.63) is 83.4 Å². The van der Waals surface area contributed by atoms with Crippen LogP contribution in [-0.2, 0) is 4.79 Å². The van der Waals surface area contributed by atoms with E-state index >= 15 is 0 Å². The fraction of sp³-hybridized carbons (Fsp3) is 0.130. The Morgan fingerprint density at radius 1 is 0.800 bits per heavy atom. The summed E-state index contributed by atoms with van der Waals surface area (Å²) in [7, 11) is 0. The van der Waals surface area contributed by atoms with Crippen molar-refractivity contribution in [3.8, 4) is 0 Å². The van der Waals surface area contributed by atoms with Gasteiger partial charge in [-0.05, 0) is 61.9 Å². The van der Waals surface area contributed by atoms with E-state index in [9.17, 15) is 9.59 Å². The Kier molecular flexibility index (Phi) is 6.93. The zero-order valence-corrected chi connectivity index (χ0v) is 17.5. The van der Waals surface area contributed by atoms with Crippen LogP contribution < -0.4 is 21.3 Å². The van der Waals surface area contributed by atoms with Crippen LogP contribution in [0, 0.1) is 6.92 Å². The second-order valence-corrected chi connectivity index (χ2v) is 7.28. The molecule has 3 rings (SSSR count). The van der Waals surface area contributed by atoms with Gasteiger partial charge in [0.25, 0.3) is 0 Å². The first-order valence-electron chi connectivity index (χ1n) is 9.47. The number of para-hydroxylation sites is 1. The van der Waals surface area contributed by atoms with Crippen LogP contribution in [0.5, 0.6) is 0 Å². The highest BCUT2D eigenvalue weighted by molar-refractivity contribution is 6.31. The fourth-order valence-corrected chi connectivity index (χ4v) is 2.96. The summed E-state index contributed by atoms with van der Waals surface area (Å²) < 4.78 is 0. The van der Waals surface area contributed by atoms with Gasteiger partial charge < -0.3 is 21.3 Å². The highest BCUT2D eigenvalue weighted by Crippen LogP contribution is 2.21. The molecule has 3 aromatic carbocycles.